The molecule has 25 heavy (non-hydrogen) atoms. The molecule has 0 spiro atoms. The largest absolute Gasteiger partial charge is 0.377 e. The van der Waals surface area contributed by atoms with Crippen LogP contribution < -0.4 is 0 Å². The number of nitrogens with zero attached hydrogens (tertiary/aromatic N) is 2. The summed E-state index contributed by atoms with van der Waals surface area (Å²) in [7, 11) is 0. The minimum Gasteiger partial charge on any atom is -0.377 e. The van der Waals surface area contributed by atoms with Crippen LogP contribution >= 0.6 is 0 Å². The first kappa shape index (κ1) is 16.8. The van der Waals surface area contributed by atoms with E-state index in [1.54, 1.807) is 0 Å². The van der Waals surface area contributed by atoms with Crippen LogP contribution in [0.2, 0.25) is 0 Å². The van der Waals surface area contributed by atoms with E-state index < -0.39 is 0 Å². The minimum atomic E-state index is -0.160. The van der Waals surface area contributed by atoms with Crippen molar-refractivity contribution in [3.05, 3.63) is 17.0 Å². The Morgan fingerprint density at radius 2 is 1.92 bits per heavy atom. The van der Waals surface area contributed by atoms with Gasteiger partial charge in [-0.2, -0.15) is 0 Å². The summed E-state index contributed by atoms with van der Waals surface area (Å²) in [6.45, 7) is 1.49. The van der Waals surface area contributed by atoms with Crippen LogP contribution in [-0.4, -0.2) is 47.5 Å². The van der Waals surface area contributed by atoms with Crippen LogP contribution in [-0.2, 0) is 22.4 Å². The predicted octanol–water partition coefficient (Wildman–Crippen LogP) is 2.54. The molecule has 1 saturated carbocycles. The molecule has 1 aromatic heterocycles. The van der Waals surface area contributed by atoms with Gasteiger partial charge in [-0.3, -0.25) is 9.59 Å². The Balaban J connectivity index is 1.59. The Bertz CT molecular complexity index is 654. The minimum absolute atomic E-state index is 0.0847. The number of carbonyl (C=O) groups excluding carboxylic acids is 2. The molecule has 2 fully saturated rings. The Kier molecular flexibility index (Phi) is 4.88. The molecule has 0 bridgehead atoms. The number of aromatic nitrogens is 1. The van der Waals surface area contributed by atoms with E-state index in [9.17, 15) is 9.59 Å². The molecule has 0 N–H and O–H groups in total. The molecule has 0 aromatic carbocycles. The zero-order chi connectivity index (χ0) is 17.2. The van der Waals surface area contributed by atoms with E-state index >= 15 is 0 Å². The smallest absolute Gasteiger partial charge is 0.276 e. The summed E-state index contributed by atoms with van der Waals surface area (Å²) < 4.78 is 11.1. The molecule has 6 nitrogen and oxygen atoms in total. The van der Waals surface area contributed by atoms with Crippen molar-refractivity contribution in [3.63, 3.8) is 0 Å². The second-order valence-electron chi connectivity index (χ2n) is 7.45. The molecule has 2 heterocycles. The number of rotatable bonds is 2. The third-order valence-electron chi connectivity index (χ3n) is 5.90. The molecule has 3 aliphatic rings. The van der Waals surface area contributed by atoms with Gasteiger partial charge in [0.05, 0.1) is 19.3 Å². The number of Topliss-reactive ketones (excluding diaryl/α,β-unsaturated/α-hetero) is 1. The lowest BCUT2D eigenvalue weighted by molar-refractivity contribution is -0.129. The zero-order valence-corrected chi connectivity index (χ0v) is 14.7. The molecule has 136 valence electrons. The molecule has 0 unspecified atom stereocenters. The van der Waals surface area contributed by atoms with Crippen LogP contribution in [0.4, 0.5) is 0 Å². The Morgan fingerprint density at radius 3 is 2.80 bits per heavy atom. The maximum atomic E-state index is 13.2. The van der Waals surface area contributed by atoms with Gasteiger partial charge in [-0.05, 0) is 32.1 Å². The molecule has 0 radical (unpaired) electrons. The number of hydrogen-bond acceptors (Lipinski definition) is 5. The fraction of sp³-hybridized carbons (Fsp3) is 0.737. The SMILES string of the molecule is O=C1CCCC[C@H]1[C@H]1COCCN1C(=O)c1noc2c1CCCCC2. The molecule has 1 amide bonds. The zero-order valence-electron chi connectivity index (χ0n) is 14.7. The second-order valence-corrected chi connectivity index (χ2v) is 7.45. The standard InChI is InChI=1S/C19H26N2O4/c22-16-8-5-4-6-13(16)15-12-24-11-10-21(15)19(23)18-14-7-2-1-3-9-17(14)25-20-18/h13,15H,1-12H2/t13-,15+/m0/s1. The summed E-state index contributed by atoms with van der Waals surface area (Å²) in [6, 6.07) is -0.160. The van der Waals surface area contributed by atoms with E-state index in [0.717, 1.165) is 62.7 Å². The summed E-state index contributed by atoms with van der Waals surface area (Å²) in [5.74, 6) is 0.972. The fourth-order valence-electron chi connectivity index (χ4n) is 4.49. The van der Waals surface area contributed by atoms with Crippen molar-refractivity contribution in [1.82, 2.24) is 10.1 Å². The van der Waals surface area contributed by atoms with E-state index in [2.05, 4.69) is 5.16 Å². The highest BCUT2D eigenvalue weighted by Crippen LogP contribution is 2.30. The van der Waals surface area contributed by atoms with Crippen molar-refractivity contribution >= 4 is 11.7 Å². The van der Waals surface area contributed by atoms with Gasteiger partial charge in [0.2, 0.25) is 0 Å². The van der Waals surface area contributed by atoms with Crippen LogP contribution in [0.25, 0.3) is 0 Å². The summed E-state index contributed by atoms with van der Waals surface area (Å²) in [6.07, 6.45) is 8.54. The maximum Gasteiger partial charge on any atom is 0.276 e. The topological polar surface area (TPSA) is 72.6 Å². The molecular formula is C19H26N2O4. The van der Waals surface area contributed by atoms with Crippen molar-refractivity contribution in [3.8, 4) is 0 Å². The Morgan fingerprint density at radius 1 is 1.08 bits per heavy atom. The highest BCUT2D eigenvalue weighted by Gasteiger charge is 2.40. The van der Waals surface area contributed by atoms with E-state index in [0.29, 0.717) is 31.9 Å². The number of ketones is 1. The lowest BCUT2D eigenvalue weighted by atomic mass is 9.82. The van der Waals surface area contributed by atoms with Gasteiger partial charge in [0.1, 0.15) is 11.5 Å². The van der Waals surface area contributed by atoms with Gasteiger partial charge >= 0.3 is 0 Å². The first-order valence-electron chi connectivity index (χ1n) is 9.64. The van der Waals surface area contributed by atoms with Crippen LogP contribution in [0.15, 0.2) is 4.52 Å². The lowest BCUT2D eigenvalue weighted by Crippen LogP contribution is -2.54. The highest BCUT2D eigenvalue weighted by molar-refractivity contribution is 5.95. The molecule has 2 atom stereocenters. The van der Waals surface area contributed by atoms with E-state index in [1.165, 1.54) is 0 Å². The van der Waals surface area contributed by atoms with Gasteiger partial charge in [0, 0.05) is 30.9 Å². The molecular weight excluding hydrogens is 320 g/mol. The molecule has 6 heteroatoms. The van der Waals surface area contributed by atoms with Gasteiger partial charge in [0.15, 0.2) is 5.69 Å². The van der Waals surface area contributed by atoms with E-state index in [4.69, 9.17) is 9.26 Å². The van der Waals surface area contributed by atoms with Crippen molar-refractivity contribution in [2.24, 2.45) is 5.92 Å². The van der Waals surface area contributed by atoms with Crippen LogP contribution in [0, 0.1) is 5.92 Å². The van der Waals surface area contributed by atoms with Gasteiger partial charge in [-0.15, -0.1) is 0 Å². The van der Waals surface area contributed by atoms with Crippen molar-refractivity contribution in [2.75, 3.05) is 19.8 Å². The van der Waals surface area contributed by atoms with E-state index in [1.807, 2.05) is 4.90 Å². The Hall–Kier alpha value is -1.69. The number of carbonyl (C=O) groups is 2. The molecule has 2 aliphatic carbocycles. The van der Waals surface area contributed by atoms with Gasteiger partial charge < -0.3 is 14.2 Å². The second kappa shape index (κ2) is 7.28. The normalized spacial score (nSPS) is 27.7. The summed E-state index contributed by atoms with van der Waals surface area (Å²) in [4.78, 5) is 27.5. The average molecular weight is 346 g/mol. The van der Waals surface area contributed by atoms with E-state index in [-0.39, 0.29) is 23.7 Å². The summed E-state index contributed by atoms with van der Waals surface area (Å²) >= 11 is 0. The number of fused-ring (bicyclic) bond motifs is 1. The van der Waals surface area contributed by atoms with Crippen molar-refractivity contribution < 1.29 is 18.8 Å². The van der Waals surface area contributed by atoms with Crippen LogP contribution in [0.3, 0.4) is 0 Å². The van der Waals surface area contributed by atoms with Gasteiger partial charge in [-0.1, -0.05) is 18.0 Å². The predicted molar refractivity (Wildman–Crippen MR) is 90.4 cm³/mol. The molecule has 1 aliphatic heterocycles. The van der Waals surface area contributed by atoms with Crippen molar-refractivity contribution in [2.45, 2.75) is 63.8 Å². The third kappa shape index (κ3) is 3.24. The average Bonchev–Trinajstić information content (AvgIpc) is 2.90. The lowest BCUT2D eigenvalue weighted by Gasteiger charge is -2.40. The molecule has 4 rings (SSSR count). The number of amides is 1. The fourth-order valence-corrected chi connectivity index (χ4v) is 4.49. The highest BCUT2D eigenvalue weighted by atomic mass is 16.5. The number of morpholine rings is 1. The molecule has 1 saturated heterocycles. The quantitative estimate of drug-likeness (QED) is 0.770. The number of aryl methyl sites for hydroxylation is 1. The Labute approximate surface area is 147 Å². The first-order chi connectivity index (χ1) is 12.3. The summed E-state index contributed by atoms with van der Waals surface area (Å²) in [5.41, 5.74) is 1.45. The van der Waals surface area contributed by atoms with Gasteiger partial charge in [-0.25, -0.2) is 0 Å². The van der Waals surface area contributed by atoms with Gasteiger partial charge in [0.25, 0.3) is 5.91 Å². The van der Waals surface area contributed by atoms with Crippen LogP contribution in [0.5, 0.6) is 0 Å². The van der Waals surface area contributed by atoms with Crippen molar-refractivity contribution in [1.29, 1.82) is 0 Å². The number of hydrogen-bond donors (Lipinski definition) is 0. The molecule has 1 aromatic rings. The van der Waals surface area contributed by atoms with Crippen LogP contribution in [0.1, 0.15) is 66.8 Å². The number of ether oxygens (including phenoxy) is 1. The maximum absolute atomic E-state index is 13.2. The first-order valence-corrected chi connectivity index (χ1v) is 9.64. The third-order valence-corrected chi connectivity index (χ3v) is 5.90. The summed E-state index contributed by atoms with van der Waals surface area (Å²) in [5, 5.41) is 4.12. The monoisotopic (exact) mass is 346 g/mol.